The molecule has 2 amide bonds. The molecule has 1 heterocycles. The van der Waals surface area contributed by atoms with Crippen LogP contribution in [0.5, 0.6) is 11.5 Å². The molecule has 1 aromatic heterocycles. The van der Waals surface area contributed by atoms with Crippen molar-refractivity contribution in [3.8, 4) is 11.5 Å². The fraction of sp³-hybridized carbons (Fsp3) is 0.360. The van der Waals surface area contributed by atoms with Crippen molar-refractivity contribution < 1.29 is 14.3 Å². The van der Waals surface area contributed by atoms with Crippen LogP contribution in [0.15, 0.2) is 53.3 Å². The van der Waals surface area contributed by atoms with Gasteiger partial charge in [-0.1, -0.05) is 37.5 Å². The summed E-state index contributed by atoms with van der Waals surface area (Å²) >= 11 is 0. The van der Waals surface area contributed by atoms with E-state index in [4.69, 9.17) is 9.47 Å². The molecule has 0 bridgehead atoms. The normalized spacial score (nSPS) is 14.2. The molecule has 4 rings (SSSR count). The Balaban J connectivity index is 1.66. The van der Waals surface area contributed by atoms with E-state index in [1.54, 1.807) is 20.3 Å². The smallest absolute Gasteiger partial charge is 0.322 e. The van der Waals surface area contributed by atoms with Gasteiger partial charge in [0, 0.05) is 28.7 Å². The van der Waals surface area contributed by atoms with Gasteiger partial charge in [0.15, 0.2) is 11.5 Å². The summed E-state index contributed by atoms with van der Waals surface area (Å²) < 4.78 is 10.7. The first kappa shape index (κ1) is 21.7. The van der Waals surface area contributed by atoms with Gasteiger partial charge in [-0.2, -0.15) is 0 Å². The van der Waals surface area contributed by atoms with Crippen LogP contribution in [-0.4, -0.2) is 36.2 Å². The molecule has 1 aliphatic carbocycles. The van der Waals surface area contributed by atoms with E-state index in [2.05, 4.69) is 10.3 Å². The van der Waals surface area contributed by atoms with Gasteiger partial charge in [0.05, 0.1) is 26.3 Å². The van der Waals surface area contributed by atoms with Gasteiger partial charge in [0.1, 0.15) is 0 Å². The number of nitrogens with zero attached hydrogens (tertiary/aromatic N) is 1. The maximum Gasteiger partial charge on any atom is 0.322 e. The summed E-state index contributed by atoms with van der Waals surface area (Å²) in [6.07, 6.45) is 5.25. The summed E-state index contributed by atoms with van der Waals surface area (Å²) in [7, 11) is 3.14. The molecular formula is C25H29N3O4. The molecule has 0 saturated heterocycles. The quantitative estimate of drug-likeness (QED) is 0.576. The number of anilines is 1. The molecule has 0 atom stereocenters. The third-order valence-corrected chi connectivity index (χ3v) is 6.07. The SMILES string of the molecule is COc1cc2cc(CN(C(=O)Nc3ccccc3)C3CCCCC3)c(=O)[nH]c2cc1OC. The fourth-order valence-electron chi connectivity index (χ4n) is 4.36. The summed E-state index contributed by atoms with van der Waals surface area (Å²) in [5, 5.41) is 3.81. The van der Waals surface area contributed by atoms with Crippen molar-refractivity contribution in [2.45, 2.75) is 44.7 Å². The summed E-state index contributed by atoms with van der Waals surface area (Å²) in [5.74, 6) is 1.14. The largest absolute Gasteiger partial charge is 0.493 e. The van der Waals surface area contributed by atoms with Gasteiger partial charge in [-0.25, -0.2) is 4.79 Å². The molecule has 1 aliphatic rings. The minimum Gasteiger partial charge on any atom is -0.493 e. The number of aromatic nitrogens is 1. The first-order valence-electron chi connectivity index (χ1n) is 11.0. The lowest BCUT2D eigenvalue weighted by molar-refractivity contribution is 0.162. The number of amides is 2. The molecule has 1 fully saturated rings. The van der Waals surface area contributed by atoms with Gasteiger partial charge < -0.3 is 24.7 Å². The Bertz CT molecular complexity index is 1140. The third-order valence-electron chi connectivity index (χ3n) is 6.07. The summed E-state index contributed by atoms with van der Waals surface area (Å²) in [6, 6.07) is 14.7. The van der Waals surface area contributed by atoms with E-state index in [1.807, 2.05) is 47.4 Å². The maximum atomic E-state index is 13.2. The summed E-state index contributed by atoms with van der Waals surface area (Å²) in [4.78, 5) is 30.9. The average Bonchev–Trinajstić information content (AvgIpc) is 2.83. The molecule has 7 heteroatoms. The highest BCUT2D eigenvalue weighted by Crippen LogP contribution is 2.31. The van der Waals surface area contributed by atoms with Crippen LogP contribution in [0, 0.1) is 0 Å². The van der Waals surface area contributed by atoms with Crippen LogP contribution < -0.4 is 20.3 Å². The summed E-state index contributed by atoms with van der Waals surface area (Å²) in [5.41, 5.74) is 1.73. The number of ether oxygens (including phenoxy) is 2. The Labute approximate surface area is 187 Å². The molecule has 0 unspecified atom stereocenters. The van der Waals surface area contributed by atoms with Crippen LogP contribution in [0.1, 0.15) is 37.7 Å². The molecule has 32 heavy (non-hydrogen) atoms. The Morgan fingerprint density at radius 1 is 1.03 bits per heavy atom. The zero-order chi connectivity index (χ0) is 22.5. The van der Waals surface area contributed by atoms with E-state index >= 15 is 0 Å². The number of methoxy groups -OCH3 is 2. The first-order chi connectivity index (χ1) is 15.6. The maximum absolute atomic E-state index is 13.2. The Morgan fingerprint density at radius 3 is 2.41 bits per heavy atom. The van der Waals surface area contributed by atoms with Crippen LogP contribution in [0.25, 0.3) is 10.9 Å². The number of carbonyl (C=O) groups is 1. The molecule has 1 saturated carbocycles. The van der Waals surface area contributed by atoms with Crippen molar-refractivity contribution in [3.63, 3.8) is 0 Å². The van der Waals surface area contributed by atoms with Crippen molar-refractivity contribution in [1.82, 2.24) is 9.88 Å². The number of carbonyl (C=O) groups excluding carboxylic acids is 1. The number of benzene rings is 2. The second kappa shape index (κ2) is 9.77. The molecular weight excluding hydrogens is 406 g/mol. The van der Waals surface area contributed by atoms with Crippen LogP contribution in [0.3, 0.4) is 0 Å². The minimum absolute atomic E-state index is 0.105. The van der Waals surface area contributed by atoms with E-state index in [0.29, 0.717) is 22.6 Å². The lowest BCUT2D eigenvalue weighted by Crippen LogP contribution is -2.44. The zero-order valence-electron chi connectivity index (χ0n) is 18.5. The fourth-order valence-corrected chi connectivity index (χ4v) is 4.36. The second-order valence-electron chi connectivity index (χ2n) is 8.13. The number of fused-ring (bicyclic) bond motifs is 1. The zero-order valence-corrected chi connectivity index (χ0v) is 18.5. The van der Waals surface area contributed by atoms with Crippen molar-refractivity contribution in [2.24, 2.45) is 0 Å². The van der Waals surface area contributed by atoms with Crippen molar-refractivity contribution in [1.29, 1.82) is 0 Å². The first-order valence-corrected chi connectivity index (χ1v) is 11.0. The lowest BCUT2D eigenvalue weighted by atomic mass is 9.94. The third kappa shape index (κ3) is 4.72. The highest BCUT2D eigenvalue weighted by atomic mass is 16.5. The van der Waals surface area contributed by atoms with E-state index < -0.39 is 0 Å². The Morgan fingerprint density at radius 2 is 1.72 bits per heavy atom. The lowest BCUT2D eigenvalue weighted by Gasteiger charge is -2.34. The van der Waals surface area contributed by atoms with E-state index in [9.17, 15) is 9.59 Å². The van der Waals surface area contributed by atoms with Crippen LogP contribution in [0.4, 0.5) is 10.5 Å². The number of aromatic amines is 1. The molecule has 7 nitrogen and oxygen atoms in total. The molecule has 0 aliphatic heterocycles. The Hall–Kier alpha value is -3.48. The number of rotatable bonds is 6. The number of H-pyrrole nitrogens is 1. The van der Waals surface area contributed by atoms with Crippen LogP contribution >= 0.6 is 0 Å². The van der Waals surface area contributed by atoms with Crippen molar-refractivity contribution in [2.75, 3.05) is 19.5 Å². The molecule has 0 spiro atoms. The van der Waals surface area contributed by atoms with Crippen molar-refractivity contribution in [3.05, 3.63) is 64.4 Å². The average molecular weight is 436 g/mol. The van der Waals surface area contributed by atoms with E-state index in [-0.39, 0.29) is 24.2 Å². The number of para-hydroxylation sites is 1. The highest BCUT2D eigenvalue weighted by molar-refractivity contribution is 5.89. The molecule has 0 radical (unpaired) electrons. The van der Waals surface area contributed by atoms with Gasteiger partial charge in [0.2, 0.25) is 0 Å². The van der Waals surface area contributed by atoms with Gasteiger partial charge in [0.25, 0.3) is 5.56 Å². The van der Waals surface area contributed by atoms with E-state index in [0.717, 1.165) is 36.8 Å². The van der Waals surface area contributed by atoms with Gasteiger partial charge in [-0.15, -0.1) is 0 Å². The number of nitrogens with one attached hydrogen (secondary N) is 2. The predicted octanol–water partition coefficient (Wildman–Crippen LogP) is 4.91. The van der Waals surface area contributed by atoms with Crippen LogP contribution in [-0.2, 0) is 6.54 Å². The molecule has 3 aromatic rings. The number of hydrogen-bond donors (Lipinski definition) is 2. The predicted molar refractivity (Wildman–Crippen MR) is 126 cm³/mol. The number of hydrogen-bond acceptors (Lipinski definition) is 4. The monoisotopic (exact) mass is 435 g/mol. The minimum atomic E-state index is -0.210. The standard InChI is InChI=1S/C25H29N3O4/c1-31-22-14-17-13-18(24(29)27-21(17)15-23(22)32-2)16-28(20-11-7-4-8-12-20)25(30)26-19-9-5-3-6-10-19/h3,5-6,9-10,13-15,20H,4,7-8,11-12,16H2,1-2H3,(H,26,30)(H,27,29). The molecule has 168 valence electrons. The summed E-state index contributed by atoms with van der Waals surface area (Å²) in [6.45, 7) is 0.239. The van der Waals surface area contributed by atoms with E-state index in [1.165, 1.54) is 6.42 Å². The van der Waals surface area contributed by atoms with Crippen LogP contribution in [0.2, 0.25) is 0 Å². The topological polar surface area (TPSA) is 83.7 Å². The van der Waals surface area contributed by atoms with Crippen molar-refractivity contribution >= 4 is 22.6 Å². The highest BCUT2D eigenvalue weighted by Gasteiger charge is 2.26. The molecule has 2 aromatic carbocycles. The number of pyridine rings is 1. The molecule has 2 N–H and O–H groups in total. The van der Waals surface area contributed by atoms with Gasteiger partial charge in [-0.05, 0) is 37.1 Å². The second-order valence-corrected chi connectivity index (χ2v) is 8.13. The van der Waals surface area contributed by atoms with Gasteiger partial charge >= 0.3 is 6.03 Å². The van der Waals surface area contributed by atoms with Gasteiger partial charge in [-0.3, -0.25) is 4.79 Å². The Kier molecular flexibility index (Phi) is 6.63. The number of urea groups is 1.